The van der Waals surface area contributed by atoms with E-state index in [2.05, 4.69) is 0 Å². The van der Waals surface area contributed by atoms with Crippen LogP contribution in [0.2, 0.25) is 5.02 Å². The van der Waals surface area contributed by atoms with Gasteiger partial charge in [-0.05, 0) is 42.3 Å². The molecule has 3 nitrogen and oxygen atoms in total. The molecule has 0 unspecified atom stereocenters. The van der Waals surface area contributed by atoms with Crippen molar-refractivity contribution in [2.75, 3.05) is 6.61 Å². The lowest BCUT2D eigenvalue weighted by atomic mass is 10.0. The number of phenolic OH excluding ortho intramolecular Hbond substituents is 1. The second-order valence-electron chi connectivity index (χ2n) is 3.96. The van der Waals surface area contributed by atoms with E-state index < -0.39 is 5.97 Å². The molecule has 1 N–H and O–H groups in total. The lowest BCUT2D eigenvalue weighted by molar-refractivity contribution is 0.0523. The van der Waals surface area contributed by atoms with Gasteiger partial charge in [0.25, 0.3) is 0 Å². The molecule has 0 fully saturated rings. The first-order valence-corrected chi connectivity index (χ1v) is 6.25. The van der Waals surface area contributed by atoms with E-state index in [-0.39, 0.29) is 17.9 Å². The SMILES string of the molecule is CCOC(=O)c1cc(-c2cccc(Cl)c2)ccc1O. The van der Waals surface area contributed by atoms with Crippen LogP contribution in [0, 0.1) is 0 Å². The van der Waals surface area contributed by atoms with Gasteiger partial charge in [0.1, 0.15) is 11.3 Å². The summed E-state index contributed by atoms with van der Waals surface area (Å²) in [5.74, 6) is -0.631. The van der Waals surface area contributed by atoms with Crippen LogP contribution >= 0.6 is 11.6 Å². The summed E-state index contributed by atoms with van der Waals surface area (Å²) >= 11 is 5.94. The fraction of sp³-hybridized carbons (Fsp3) is 0.133. The maximum atomic E-state index is 11.7. The van der Waals surface area contributed by atoms with Crippen LogP contribution in [0.15, 0.2) is 42.5 Å². The normalized spacial score (nSPS) is 10.2. The molecule has 0 aromatic heterocycles. The van der Waals surface area contributed by atoms with Gasteiger partial charge in [0.2, 0.25) is 0 Å². The molecular weight excluding hydrogens is 264 g/mol. The Morgan fingerprint density at radius 1 is 1.21 bits per heavy atom. The van der Waals surface area contributed by atoms with Crippen LogP contribution in [-0.4, -0.2) is 17.7 Å². The predicted molar refractivity (Wildman–Crippen MR) is 74.5 cm³/mol. The standard InChI is InChI=1S/C15H13ClO3/c1-2-19-15(18)13-9-11(6-7-14(13)17)10-4-3-5-12(16)8-10/h3-9,17H,2H2,1H3. The number of ether oxygens (including phenoxy) is 1. The quantitative estimate of drug-likeness (QED) is 0.865. The third-order valence-electron chi connectivity index (χ3n) is 2.65. The molecule has 2 rings (SSSR count). The van der Waals surface area contributed by atoms with Crippen LogP contribution in [0.5, 0.6) is 5.75 Å². The van der Waals surface area contributed by atoms with Crippen molar-refractivity contribution in [3.63, 3.8) is 0 Å². The van der Waals surface area contributed by atoms with Crippen molar-refractivity contribution in [3.8, 4) is 16.9 Å². The Morgan fingerprint density at radius 3 is 2.63 bits per heavy atom. The van der Waals surface area contributed by atoms with Crippen molar-refractivity contribution in [1.29, 1.82) is 0 Å². The van der Waals surface area contributed by atoms with Crippen molar-refractivity contribution in [3.05, 3.63) is 53.1 Å². The van der Waals surface area contributed by atoms with E-state index in [1.54, 1.807) is 31.2 Å². The minimum absolute atomic E-state index is 0.0933. The van der Waals surface area contributed by atoms with Crippen LogP contribution in [0.1, 0.15) is 17.3 Å². The molecule has 0 radical (unpaired) electrons. The Kier molecular flexibility index (Phi) is 4.07. The van der Waals surface area contributed by atoms with Crippen LogP contribution in [-0.2, 0) is 4.74 Å². The van der Waals surface area contributed by atoms with Gasteiger partial charge >= 0.3 is 5.97 Å². The van der Waals surface area contributed by atoms with Gasteiger partial charge in [-0.1, -0.05) is 29.8 Å². The number of phenols is 1. The first kappa shape index (κ1) is 13.4. The molecular formula is C15H13ClO3. The molecule has 0 atom stereocenters. The van der Waals surface area contributed by atoms with Crippen LogP contribution in [0.3, 0.4) is 0 Å². The summed E-state index contributed by atoms with van der Waals surface area (Å²) in [5, 5.41) is 10.3. The molecule has 0 aliphatic rings. The second kappa shape index (κ2) is 5.76. The Balaban J connectivity index is 2.44. The average molecular weight is 277 g/mol. The zero-order chi connectivity index (χ0) is 13.8. The van der Waals surface area contributed by atoms with E-state index in [0.717, 1.165) is 11.1 Å². The molecule has 4 heteroatoms. The van der Waals surface area contributed by atoms with Gasteiger partial charge in [-0.25, -0.2) is 4.79 Å². The molecule has 0 saturated heterocycles. The van der Waals surface area contributed by atoms with Crippen molar-refractivity contribution >= 4 is 17.6 Å². The number of rotatable bonds is 3. The lowest BCUT2D eigenvalue weighted by Crippen LogP contribution is -2.05. The minimum Gasteiger partial charge on any atom is -0.507 e. The molecule has 0 heterocycles. The zero-order valence-electron chi connectivity index (χ0n) is 10.4. The number of benzene rings is 2. The summed E-state index contributed by atoms with van der Waals surface area (Å²) in [6.07, 6.45) is 0. The van der Waals surface area contributed by atoms with Gasteiger partial charge in [0, 0.05) is 5.02 Å². The monoisotopic (exact) mass is 276 g/mol. The molecule has 0 amide bonds. The Hall–Kier alpha value is -2.00. The van der Waals surface area contributed by atoms with Crippen LogP contribution in [0.4, 0.5) is 0 Å². The van der Waals surface area contributed by atoms with Gasteiger partial charge in [-0.3, -0.25) is 0 Å². The number of esters is 1. The highest BCUT2D eigenvalue weighted by molar-refractivity contribution is 6.30. The van der Waals surface area contributed by atoms with Gasteiger partial charge in [0.15, 0.2) is 0 Å². The van der Waals surface area contributed by atoms with Crippen LogP contribution < -0.4 is 0 Å². The molecule has 0 aliphatic carbocycles. The van der Waals surface area contributed by atoms with Gasteiger partial charge in [-0.15, -0.1) is 0 Å². The number of carbonyl (C=O) groups excluding carboxylic acids is 1. The smallest absolute Gasteiger partial charge is 0.341 e. The summed E-state index contributed by atoms with van der Waals surface area (Å²) in [5.41, 5.74) is 1.82. The number of hydrogen-bond donors (Lipinski definition) is 1. The molecule has 0 aliphatic heterocycles. The van der Waals surface area contributed by atoms with E-state index in [0.29, 0.717) is 5.02 Å². The molecule has 2 aromatic rings. The Bertz CT molecular complexity index is 608. The van der Waals surface area contributed by atoms with Crippen molar-refractivity contribution in [2.24, 2.45) is 0 Å². The third-order valence-corrected chi connectivity index (χ3v) is 2.88. The van der Waals surface area contributed by atoms with Gasteiger partial charge < -0.3 is 9.84 Å². The fourth-order valence-electron chi connectivity index (χ4n) is 1.76. The summed E-state index contributed by atoms with van der Waals surface area (Å²) in [7, 11) is 0. The van der Waals surface area contributed by atoms with E-state index in [1.807, 2.05) is 12.1 Å². The minimum atomic E-state index is -0.538. The molecule has 0 saturated carbocycles. The molecule has 98 valence electrons. The number of halogens is 1. The van der Waals surface area contributed by atoms with Crippen molar-refractivity contribution in [2.45, 2.75) is 6.92 Å². The Morgan fingerprint density at radius 2 is 1.95 bits per heavy atom. The third kappa shape index (κ3) is 3.06. The van der Waals surface area contributed by atoms with E-state index in [9.17, 15) is 9.90 Å². The number of hydrogen-bond acceptors (Lipinski definition) is 3. The summed E-state index contributed by atoms with van der Waals surface area (Å²) in [6, 6.07) is 12.1. The van der Waals surface area contributed by atoms with Gasteiger partial charge in [0.05, 0.1) is 6.61 Å². The second-order valence-corrected chi connectivity index (χ2v) is 4.40. The van der Waals surface area contributed by atoms with E-state index in [4.69, 9.17) is 16.3 Å². The topological polar surface area (TPSA) is 46.5 Å². The highest BCUT2D eigenvalue weighted by Gasteiger charge is 2.13. The summed E-state index contributed by atoms with van der Waals surface area (Å²) < 4.78 is 4.90. The van der Waals surface area contributed by atoms with Crippen molar-refractivity contribution in [1.82, 2.24) is 0 Å². The molecule has 2 aromatic carbocycles. The molecule has 19 heavy (non-hydrogen) atoms. The maximum Gasteiger partial charge on any atom is 0.341 e. The highest BCUT2D eigenvalue weighted by Crippen LogP contribution is 2.28. The van der Waals surface area contributed by atoms with Crippen molar-refractivity contribution < 1.29 is 14.6 Å². The largest absolute Gasteiger partial charge is 0.507 e. The summed E-state index contributed by atoms with van der Waals surface area (Å²) in [4.78, 5) is 11.7. The molecule has 0 spiro atoms. The zero-order valence-corrected chi connectivity index (χ0v) is 11.1. The lowest BCUT2D eigenvalue weighted by Gasteiger charge is -2.08. The first-order valence-electron chi connectivity index (χ1n) is 5.88. The number of carbonyl (C=O) groups is 1. The highest BCUT2D eigenvalue weighted by atomic mass is 35.5. The predicted octanol–water partition coefficient (Wildman–Crippen LogP) is 3.89. The summed E-state index contributed by atoms with van der Waals surface area (Å²) in [6.45, 7) is 1.98. The maximum absolute atomic E-state index is 11.7. The Labute approximate surface area is 116 Å². The van der Waals surface area contributed by atoms with Gasteiger partial charge in [-0.2, -0.15) is 0 Å². The number of aromatic hydroxyl groups is 1. The van der Waals surface area contributed by atoms with E-state index >= 15 is 0 Å². The van der Waals surface area contributed by atoms with Crippen LogP contribution in [0.25, 0.3) is 11.1 Å². The molecule has 0 bridgehead atoms. The fourth-order valence-corrected chi connectivity index (χ4v) is 1.95. The first-order chi connectivity index (χ1) is 9.11. The van der Waals surface area contributed by atoms with E-state index in [1.165, 1.54) is 6.07 Å². The average Bonchev–Trinajstić information content (AvgIpc) is 2.39.